The van der Waals surface area contributed by atoms with Gasteiger partial charge in [-0.05, 0) is 61.8 Å². The fourth-order valence-corrected chi connectivity index (χ4v) is 6.34. The lowest BCUT2D eigenvalue weighted by Gasteiger charge is -2.22. The van der Waals surface area contributed by atoms with Crippen LogP contribution in [0.15, 0.2) is 41.4 Å². The molecule has 0 unspecified atom stereocenters. The summed E-state index contributed by atoms with van der Waals surface area (Å²) >= 11 is 2.77. The maximum Gasteiger partial charge on any atom is 0.235 e. The molecule has 1 amide bonds. The molecule has 1 aromatic carbocycles. The van der Waals surface area contributed by atoms with Crippen LogP contribution in [0.3, 0.4) is 0 Å². The molecule has 160 valence electrons. The van der Waals surface area contributed by atoms with Crippen molar-refractivity contribution in [2.45, 2.75) is 44.1 Å². The van der Waals surface area contributed by atoms with Gasteiger partial charge in [-0.2, -0.15) is 10.5 Å². The van der Waals surface area contributed by atoms with Gasteiger partial charge in [0.25, 0.3) is 0 Å². The van der Waals surface area contributed by atoms with Crippen molar-refractivity contribution in [2.24, 2.45) is 0 Å². The van der Waals surface area contributed by atoms with Gasteiger partial charge in [0.1, 0.15) is 22.2 Å². The number of carbonyl (C=O) groups excluding carboxylic acids is 1. The molecule has 0 radical (unpaired) electrons. The van der Waals surface area contributed by atoms with Crippen molar-refractivity contribution in [1.82, 2.24) is 4.98 Å². The van der Waals surface area contributed by atoms with E-state index in [9.17, 15) is 15.3 Å². The molecule has 1 atom stereocenters. The van der Waals surface area contributed by atoms with Crippen LogP contribution in [0, 0.1) is 36.5 Å². The third-order valence-electron chi connectivity index (χ3n) is 5.66. The number of anilines is 1. The van der Waals surface area contributed by atoms with Crippen molar-refractivity contribution in [3.63, 3.8) is 0 Å². The molecule has 1 N–H and O–H groups in total. The van der Waals surface area contributed by atoms with Crippen LogP contribution in [0.4, 0.5) is 5.00 Å². The molecule has 2 heterocycles. The van der Waals surface area contributed by atoms with E-state index in [-0.39, 0.29) is 11.7 Å². The van der Waals surface area contributed by atoms with E-state index in [4.69, 9.17) is 0 Å². The molecule has 0 aliphatic heterocycles. The number of fused-ring (bicyclic) bond motifs is 1. The lowest BCUT2D eigenvalue weighted by atomic mass is 9.83. The number of nitrogens with zero attached hydrogens (tertiary/aromatic N) is 3. The minimum Gasteiger partial charge on any atom is -0.316 e. The molecule has 2 aromatic heterocycles. The van der Waals surface area contributed by atoms with E-state index < -0.39 is 0 Å². The van der Waals surface area contributed by atoms with E-state index >= 15 is 0 Å². The number of hydrogen-bond acceptors (Lipinski definition) is 6. The number of carbonyl (C=O) groups is 1. The van der Waals surface area contributed by atoms with Crippen LogP contribution in [-0.4, -0.2) is 16.6 Å². The highest BCUT2D eigenvalue weighted by Crippen LogP contribution is 2.42. The zero-order chi connectivity index (χ0) is 22.7. The summed E-state index contributed by atoms with van der Waals surface area (Å²) in [6.45, 7) is 3.74. The van der Waals surface area contributed by atoms with Crippen molar-refractivity contribution in [3.05, 3.63) is 74.8 Å². The standard InChI is InChI=1S/C25H22N4OS2/c1-15-10-16(2)28-24(20(15)12-26)31-14-23(30)29-25-21(13-27)19-9-8-18(11-22(19)32-25)17-6-4-3-5-7-17/h3-7,10,18H,8-9,11,14H2,1-2H3,(H,29,30)/t18-/m0/s1. The van der Waals surface area contributed by atoms with Crippen molar-refractivity contribution in [3.8, 4) is 12.1 Å². The van der Waals surface area contributed by atoms with Crippen LogP contribution in [0.1, 0.15) is 50.7 Å². The molecule has 7 heteroatoms. The van der Waals surface area contributed by atoms with E-state index in [0.29, 0.717) is 27.1 Å². The second kappa shape index (κ2) is 9.56. The van der Waals surface area contributed by atoms with Gasteiger partial charge in [-0.15, -0.1) is 11.3 Å². The Morgan fingerprint density at radius 1 is 1.22 bits per heavy atom. The molecule has 5 nitrogen and oxygen atoms in total. The number of nitriles is 2. The third-order valence-corrected chi connectivity index (χ3v) is 7.81. The maximum atomic E-state index is 12.7. The Balaban J connectivity index is 1.48. The van der Waals surface area contributed by atoms with E-state index in [0.717, 1.165) is 36.1 Å². The number of thioether (sulfide) groups is 1. The summed E-state index contributed by atoms with van der Waals surface area (Å²) in [6.07, 6.45) is 2.74. The number of aryl methyl sites for hydroxylation is 2. The molecule has 1 aliphatic carbocycles. The summed E-state index contributed by atoms with van der Waals surface area (Å²) in [4.78, 5) is 18.3. The largest absolute Gasteiger partial charge is 0.316 e. The number of amides is 1. The van der Waals surface area contributed by atoms with Crippen LogP contribution in [0.2, 0.25) is 0 Å². The Bertz CT molecular complexity index is 1250. The highest BCUT2D eigenvalue weighted by molar-refractivity contribution is 8.00. The predicted molar refractivity (Wildman–Crippen MR) is 128 cm³/mol. The first-order valence-corrected chi connectivity index (χ1v) is 12.2. The van der Waals surface area contributed by atoms with Gasteiger partial charge in [-0.25, -0.2) is 4.98 Å². The van der Waals surface area contributed by atoms with E-state index in [2.05, 4.69) is 46.7 Å². The van der Waals surface area contributed by atoms with Gasteiger partial charge in [-0.3, -0.25) is 4.79 Å². The average Bonchev–Trinajstić information content (AvgIpc) is 3.13. The summed E-state index contributed by atoms with van der Waals surface area (Å²) in [7, 11) is 0. The minimum absolute atomic E-state index is 0.130. The quantitative estimate of drug-likeness (QED) is 0.510. The first-order chi connectivity index (χ1) is 15.5. The summed E-state index contributed by atoms with van der Waals surface area (Å²) < 4.78 is 0. The second-order valence-corrected chi connectivity index (χ2v) is 9.95. The SMILES string of the molecule is Cc1cc(C)c(C#N)c(SCC(=O)Nc2sc3c(c2C#N)CC[C@H](c2ccccc2)C3)n1. The highest BCUT2D eigenvalue weighted by Gasteiger charge is 2.27. The molecular formula is C25H22N4OS2. The van der Waals surface area contributed by atoms with Crippen molar-refractivity contribution in [1.29, 1.82) is 10.5 Å². The first-order valence-electron chi connectivity index (χ1n) is 10.4. The third kappa shape index (κ3) is 4.55. The van der Waals surface area contributed by atoms with Crippen LogP contribution in [0.25, 0.3) is 0 Å². The fraction of sp³-hybridized carbons (Fsp3) is 0.280. The molecule has 0 saturated heterocycles. The normalized spacial score (nSPS) is 14.8. The summed E-state index contributed by atoms with van der Waals surface area (Å²) in [6, 6.07) is 16.8. The zero-order valence-electron chi connectivity index (χ0n) is 17.9. The molecule has 3 aromatic rings. The number of aromatic nitrogens is 1. The molecule has 0 fully saturated rings. The number of rotatable bonds is 5. The van der Waals surface area contributed by atoms with Crippen LogP contribution >= 0.6 is 23.1 Å². The fourth-order valence-electron chi connectivity index (χ4n) is 4.14. The lowest BCUT2D eigenvalue weighted by molar-refractivity contribution is -0.113. The molecule has 1 aliphatic rings. The molecule has 4 rings (SSSR count). The average molecular weight is 459 g/mol. The van der Waals surface area contributed by atoms with Crippen LogP contribution < -0.4 is 5.32 Å². The van der Waals surface area contributed by atoms with Crippen LogP contribution in [-0.2, 0) is 17.6 Å². The lowest BCUT2D eigenvalue weighted by Crippen LogP contribution is -2.14. The summed E-state index contributed by atoms with van der Waals surface area (Å²) in [5.74, 6) is 0.368. The number of hydrogen-bond donors (Lipinski definition) is 1. The highest BCUT2D eigenvalue weighted by atomic mass is 32.2. The number of pyridine rings is 1. The number of thiophene rings is 1. The number of benzene rings is 1. The van der Waals surface area contributed by atoms with Gasteiger partial charge in [0.15, 0.2) is 0 Å². The van der Waals surface area contributed by atoms with Gasteiger partial charge >= 0.3 is 0 Å². The summed E-state index contributed by atoms with van der Waals surface area (Å²) in [5, 5.41) is 23.3. The molecule has 0 saturated carbocycles. The predicted octanol–water partition coefficient (Wildman–Crippen LogP) is 5.51. The Morgan fingerprint density at radius 3 is 2.69 bits per heavy atom. The second-order valence-electron chi connectivity index (χ2n) is 7.88. The van der Waals surface area contributed by atoms with E-state index in [1.54, 1.807) is 0 Å². The Hall–Kier alpha value is -3.13. The zero-order valence-corrected chi connectivity index (χ0v) is 19.6. The Kier molecular flexibility index (Phi) is 6.60. The monoisotopic (exact) mass is 458 g/mol. The van der Waals surface area contributed by atoms with Gasteiger partial charge < -0.3 is 5.32 Å². The minimum atomic E-state index is -0.199. The topological polar surface area (TPSA) is 89.6 Å². The first kappa shape index (κ1) is 22.1. The maximum absolute atomic E-state index is 12.7. The van der Waals surface area contributed by atoms with E-state index in [1.165, 1.54) is 33.5 Å². The van der Waals surface area contributed by atoms with Crippen molar-refractivity contribution >= 4 is 34.0 Å². The van der Waals surface area contributed by atoms with Crippen molar-refractivity contribution in [2.75, 3.05) is 11.1 Å². The molecule has 0 bridgehead atoms. The summed E-state index contributed by atoms with van der Waals surface area (Å²) in [5.41, 5.74) is 5.17. The van der Waals surface area contributed by atoms with E-state index in [1.807, 2.05) is 26.0 Å². The van der Waals surface area contributed by atoms with Gasteiger partial charge in [-0.1, -0.05) is 42.1 Å². The molecular weight excluding hydrogens is 436 g/mol. The van der Waals surface area contributed by atoms with Gasteiger partial charge in [0, 0.05) is 10.6 Å². The Morgan fingerprint density at radius 2 is 1.97 bits per heavy atom. The van der Waals surface area contributed by atoms with Crippen molar-refractivity contribution < 1.29 is 4.79 Å². The molecule has 0 spiro atoms. The van der Waals surface area contributed by atoms with Gasteiger partial charge in [0.05, 0.1) is 16.9 Å². The molecule has 32 heavy (non-hydrogen) atoms. The number of nitrogens with one attached hydrogen (secondary N) is 1. The van der Waals surface area contributed by atoms with Gasteiger partial charge in [0.2, 0.25) is 5.91 Å². The van der Waals surface area contributed by atoms with Crippen LogP contribution in [0.5, 0.6) is 0 Å². The smallest absolute Gasteiger partial charge is 0.235 e. The Labute approximate surface area is 196 Å².